The smallest absolute Gasteiger partial charge is 0.220 e. The Labute approximate surface area is 106 Å². The minimum Gasteiger partial charge on any atom is -0.378 e. The maximum Gasteiger partial charge on any atom is 0.220 e. The molecule has 0 aliphatic carbocycles. The summed E-state index contributed by atoms with van der Waals surface area (Å²) < 4.78 is 0. The summed E-state index contributed by atoms with van der Waals surface area (Å²) >= 11 is 0. The van der Waals surface area contributed by atoms with E-state index in [1.807, 2.05) is 4.90 Å². The third-order valence-corrected chi connectivity index (χ3v) is 2.27. The lowest BCUT2D eigenvalue weighted by Crippen LogP contribution is -2.66. The lowest BCUT2D eigenvalue weighted by Gasteiger charge is -2.48. The predicted molar refractivity (Wildman–Crippen MR) is 87.6 cm³/mol. The van der Waals surface area contributed by atoms with Crippen molar-refractivity contribution in [3.05, 3.63) is 0 Å². The molecule has 84 valence electrons. The number of hydrogen-bond donors (Lipinski definition) is 0. The molecule has 0 aromatic heterocycles. The van der Waals surface area contributed by atoms with E-state index in [0.717, 1.165) is 0 Å². The van der Waals surface area contributed by atoms with Gasteiger partial charge in [0.2, 0.25) is 5.91 Å². The molecule has 0 aliphatic heterocycles. The topological polar surface area (TPSA) is 20.3 Å². The van der Waals surface area contributed by atoms with Crippen molar-refractivity contribution in [1.29, 1.82) is 0 Å². The molecule has 0 aliphatic rings. The van der Waals surface area contributed by atoms with Crippen LogP contribution in [-0.4, -0.2) is 68.4 Å². The summed E-state index contributed by atoms with van der Waals surface area (Å²) in [5.74, 6) is 0.243. The lowest BCUT2D eigenvalue weighted by atomic mass is 9.40. The van der Waals surface area contributed by atoms with Crippen molar-refractivity contribution in [2.75, 3.05) is 0 Å². The van der Waals surface area contributed by atoms with Gasteiger partial charge < -0.3 is 4.90 Å². The van der Waals surface area contributed by atoms with Crippen LogP contribution in [0.1, 0.15) is 27.2 Å². The van der Waals surface area contributed by atoms with Crippen LogP contribution in [0.4, 0.5) is 0 Å². The molecule has 0 radical (unpaired) electrons. The number of hydrogen-bond acceptors (Lipinski definition) is 1. The zero-order chi connectivity index (χ0) is 13.4. The molecular weight excluding hydrogens is 191 g/mol. The average molecular weight is 214 g/mol. The van der Waals surface area contributed by atoms with E-state index in [0.29, 0.717) is 6.42 Å². The van der Waals surface area contributed by atoms with Gasteiger partial charge in [0.1, 0.15) is 47.1 Å². The summed E-state index contributed by atoms with van der Waals surface area (Å²) in [4.78, 5) is 14.4. The molecule has 0 unspecified atom stereocenters. The van der Waals surface area contributed by atoms with Gasteiger partial charge in [-0.15, -0.1) is 0 Å². The highest BCUT2D eigenvalue weighted by Gasteiger charge is 2.35. The fourth-order valence-electron chi connectivity index (χ4n) is 2.29. The van der Waals surface area contributed by atoms with Crippen molar-refractivity contribution >= 4 is 53.0 Å². The van der Waals surface area contributed by atoms with Gasteiger partial charge in [-0.3, -0.25) is 4.79 Å². The molecule has 0 bridgehead atoms. The first kappa shape index (κ1) is 15.9. The Kier molecular flexibility index (Phi) is 4.58. The average Bonchev–Trinajstić information content (AvgIpc) is 1.70. The number of carbonyl (C=O) groups is 1. The quantitative estimate of drug-likeness (QED) is 0.432. The normalized spacial score (nSPS) is 13.4. The van der Waals surface area contributed by atoms with Crippen LogP contribution in [0, 0.1) is 5.41 Å². The van der Waals surface area contributed by atoms with Crippen LogP contribution in [0.3, 0.4) is 0 Å². The van der Waals surface area contributed by atoms with Gasteiger partial charge >= 0.3 is 0 Å². The van der Waals surface area contributed by atoms with E-state index in [2.05, 4.69) is 67.8 Å². The van der Waals surface area contributed by atoms with E-state index in [4.69, 9.17) is 0 Å². The first-order valence-corrected chi connectivity index (χ1v) is 6.08. The van der Waals surface area contributed by atoms with Gasteiger partial charge in [0.25, 0.3) is 0 Å². The van der Waals surface area contributed by atoms with E-state index < -0.39 is 0 Å². The van der Waals surface area contributed by atoms with Crippen LogP contribution in [0.25, 0.3) is 0 Å². The van der Waals surface area contributed by atoms with Crippen molar-refractivity contribution in [3.63, 3.8) is 0 Å². The van der Waals surface area contributed by atoms with Crippen molar-refractivity contribution in [2.24, 2.45) is 5.41 Å². The van der Waals surface area contributed by atoms with Crippen molar-refractivity contribution in [2.45, 2.75) is 37.7 Å². The van der Waals surface area contributed by atoms with Crippen LogP contribution in [0.5, 0.6) is 0 Å². The first-order valence-electron chi connectivity index (χ1n) is 6.08. The summed E-state index contributed by atoms with van der Waals surface area (Å²) in [6, 6.07) is 0. The Bertz CT molecular complexity index is 247. The van der Waals surface area contributed by atoms with E-state index >= 15 is 0 Å². The number of nitrogens with zero attached hydrogens (tertiary/aromatic N) is 1. The minimum absolute atomic E-state index is 0.0475. The standard InChI is InChI=1S/C8H23B6NO/c1-6(2,3)4-5(16)15(7(9,10)11)8(12,13)14/h4,9-14H2,1-3H3. The summed E-state index contributed by atoms with van der Waals surface area (Å²) in [5, 5.41) is -0.249. The highest BCUT2D eigenvalue weighted by Crippen LogP contribution is 2.23. The largest absolute Gasteiger partial charge is 0.378 e. The van der Waals surface area contributed by atoms with Crippen LogP contribution in [0.15, 0.2) is 0 Å². The molecule has 0 aromatic carbocycles. The highest BCUT2D eigenvalue weighted by atomic mass is 16.2. The molecule has 8 heteroatoms. The molecule has 0 aromatic rings. The Morgan fingerprint density at radius 1 is 0.938 bits per heavy atom. The second-order valence-corrected chi connectivity index (χ2v) is 7.81. The Morgan fingerprint density at radius 3 is 1.44 bits per heavy atom. The summed E-state index contributed by atoms with van der Waals surface area (Å²) in [7, 11) is 12.6. The Hall–Kier alpha value is -0.140. The Balaban J connectivity index is 5.03. The molecule has 0 saturated carbocycles. The van der Waals surface area contributed by atoms with Gasteiger partial charge in [-0.1, -0.05) is 20.8 Å². The summed E-state index contributed by atoms with van der Waals surface area (Å²) in [6.07, 6.45) is 0.599. The molecule has 0 saturated heterocycles. The van der Waals surface area contributed by atoms with E-state index in [1.165, 1.54) is 0 Å². The zero-order valence-corrected chi connectivity index (χ0v) is 12.6. The van der Waals surface area contributed by atoms with Gasteiger partial charge in [-0.2, -0.15) is 0 Å². The SMILES string of the molecule is BC(B)(B)N(C(=O)CC(C)(C)C)C(B)(B)B. The van der Waals surface area contributed by atoms with Crippen LogP contribution in [0.2, 0.25) is 0 Å². The molecule has 0 rings (SSSR count). The fourth-order valence-corrected chi connectivity index (χ4v) is 2.29. The summed E-state index contributed by atoms with van der Waals surface area (Å²) in [6.45, 7) is 6.32. The fraction of sp³-hybridized carbons (Fsp3) is 0.875. The number of amides is 1. The minimum atomic E-state index is -0.124. The molecule has 0 heterocycles. The molecule has 16 heavy (non-hydrogen) atoms. The summed E-state index contributed by atoms with van der Waals surface area (Å²) in [5.41, 5.74) is 0.0475. The van der Waals surface area contributed by atoms with Crippen LogP contribution >= 0.6 is 0 Å². The second kappa shape index (κ2) is 4.62. The van der Waals surface area contributed by atoms with E-state index in [1.54, 1.807) is 0 Å². The zero-order valence-electron chi connectivity index (χ0n) is 12.6. The first-order chi connectivity index (χ1) is 6.75. The molecule has 2 nitrogen and oxygen atoms in total. The van der Waals surface area contributed by atoms with Gasteiger partial charge in [-0.05, 0) is 15.9 Å². The van der Waals surface area contributed by atoms with Crippen LogP contribution < -0.4 is 0 Å². The van der Waals surface area contributed by atoms with E-state index in [9.17, 15) is 4.79 Å². The van der Waals surface area contributed by atoms with Crippen molar-refractivity contribution in [3.8, 4) is 0 Å². The highest BCUT2D eigenvalue weighted by molar-refractivity contribution is 6.64. The maximum atomic E-state index is 12.4. The lowest BCUT2D eigenvalue weighted by molar-refractivity contribution is -0.133. The monoisotopic (exact) mass is 215 g/mol. The van der Waals surface area contributed by atoms with Crippen molar-refractivity contribution in [1.82, 2.24) is 4.90 Å². The van der Waals surface area contributed by atoms with Gasteiger partial charge in [0.15, 0.2) is 0 Å². The molecule has 0 N–H and O–H groups in total. The number of rotatable bonds is 3. The molecule has 0 spiro atoms. The third-order valence-electron chi connectivity index (χ3n) is 2.27. The van der Waals surface area contributed by atoms with E-state index in [-0.39, 0.29) is 21.8 Å². The molecular formula is C8H23B6NO. The number of carbonyl (C=O) groups excluding carboxylic acids is 1. The van der Waals surface area contributed by atoms with Crippen LogP contribution in [-0.2, 0) is 4.79 Å². The molecule has 0 fully saturated rings. The van der Waals surface area contributed by atoms with Gasteiger partial charge in [-0.25, -0.2) is 0 Å². The molecule has 1 amide bonds. The van der Waals surface area contributed by atoms with Gasteiger partial charge in [0, 0.05) is 6.42 Å². The third kappa shape index (κ3) is 5.27. The second-order valence-electron chi connectivity index (χ2n) is 7.81. The van der Waals surface area contributed by atoms with Crippen molar-refractivity contribution < 1.29 is 4.79 Å². The van der Waals surface area contributed by atoms with Gasteiger partial charge in [0.05, 0.1) is 0 Å². The molecule has 0 atom stereocenters. The Morgan fingerprint density at radius 2 is 1.25 bits per heavy atom. The maximum absolute atomic E-state index is 12.4. The predicted octanol–water partition coefficient (Wildman–Crippen LogP) is -4.73.